The maximum atomic E-state index is 5.95. The zero-order valence-corrected chi connectivity index (χ0v) is 15.6. The molecule has 1 aliphatic rings. The van der Waals surface area contributed by atoms with Crippen LogP contribution in [0.2, 0.25) is 0 Å². The Bertz CT molecular complexity index is 702. The minimum atomic E-state index is 0.633. The van der Waals surface area contributed by atoms with Crippen molar-refractivity contribution in [1.29, 1.82) is 0 Å². The number of fused-ring (bicyclic) bond motifs is 2. The van der Waals surface area contributed by atoms with Crippen LogP contribution in [0.4, 0.5) is 0 Å². The summed E-state index contributed by atoms with van der Waals surface area (Å²) in [6, 6.07) is 6.26. The van der Waals surface area contributed by atoms with Gasteiger partial charge in [-0.1, -0.05) is 18.2 Å². The predicted octanol–water partition coefficient (Wildman–Crippen LogP) is 2.97. The van der Waals surface area contributed by atoms with Crippen LogP contribution in [0.5, 0.6) is 5.75 Å². The number of allylic oxidation sites excluding steroid dienone is 3. The molecule has 5 nitrogen and oxygen atoms in total. The number of rotatable bonds is 2. The molecule has 2 N–H and O–H groups in total. The number of hydrogen-bond acceptors (Lipinski definition) is 5. The molecule has 25 heavy (non-hydrogen) atoms. The van der Waals surface area contributed by atoms with Gasteiger partial charge in [0.1, 0.15) is 18.2 Å². The van der Waals surface area contributed by atoms with Gasteiger partial charge in [0.2, 0.25) is 0 Å². The third-order valence-electron chi connectivity index (χ3n) is 3.91. The van der Waals surface area contributed by atoms with E-state index in [4.69, 9.17) is 4.74 Å². The second-order valence-electron chi connectivity index (χ2n) is 5.90. The minimum Gasteiger partial charge on any atom is -0.492 e. The first-order valence-corrected chi connectivity index (χ1v) is 8.67. The fourth-order valence-corrected chi connectivity index (χ4v) is 2.60. The van der Waals surface area contributed by atoms with Gasteiger partial charge in [-0.3, -0.25) is 9.98 Å². The number of benzene rings is 1. The minimum absolute atomic E-state index is 0.633. The van der Waals surface area contributed by atoms with E-state index < -0.39 is 0 Å². The molecule has 0 aliphatic carbocycles. The van der Waals surface area contributed by atoms with Crippen molar-refractivity contribution in [1.82, 2.24) is 10.6 Å². The third kappa shape index (κ3) is 5.57. The van der Waals surface area contributed by atoms with Crippen molar-refractivity contribution >= 4 is 17.6 Å². The number of ether oxygens (including phenoxy) is 1. The van der Waals surface area contributed by atoms with Crippen LogP contribution >= 0.6 is 0 Å². The largest absolute Gasteiger partial charge is 0.492 e. The number of nitrogens with one attached hydrogen (secondary N) is 2. The van der Waals surface area contributed by atoms with Crippen molar-refractivity contribution in [2.24, 2.45) is 9.98 Å². The van der Waals surface area contributed by atoms with Crippen LogP contribution in [0.15, 0.2) is 46.0 Å². The van der Waals surface area contributed by atoms with Gasteiger partial charge < -0.3 is 15.4 Å². The number of nitrogens with zero attached hydrogens (tertiary/aromatic N) is 2. The highest BCUT2D eigenvalue weighted by molar-refractivity contribution is 6.12. The smallest absolute Gasteiger partial charge is 0.124 e. The summed E-state index contributed by atoms with van der Waals surface area (Å²) < 4.78 is 5.95. The fraction of sp³-hybridized carbons (Fsp3) is 0.400. The molecule has 1 heterocycles. The van der Waals surface area contributed by atoms with Gasteiger partial charge in [0.25, 0.3) is 0 Å². The molecule has 0 spiro atoms. The molecule has 0 atom stereocenters. The zero-order valence-electron chi connectivity index (χ0n) is 15.6. The lowest BCUT2D eigenvalue weighted by atomic mass is 10.0. The van der Waals surface area contributed by atoms with Crippen molar-refractivity contribution < 1.29 is 4.74 Å². The van der Waals surface area contributed by atoms with Crippen molar-refractivity contribution in [3.8, 4) is 5.75 Å². The molecule has 1 aromatic carbocycles. The van der Waals surface area contributed by atoms with Crippen LogP contribution in [0.25, 0.3) is 5.57 Å². The summed E-state index contributed by atoms with van der Waals surface area (Å²) >= 11 is 0. The lowest BCUT2D eigenvalue weighted by Gasteiger charge is -2.16. The van der Waals surface area contributed by atoms with E-state index in [-0.39, 0.29) is 0 Å². The third-order valence-corrected chi connectivity index (χ3v) is 3.91. The first-order chi connectivity index (χ1) is 12.2. The summed E-state index contributed by atoms with van der Waals surface area (Å²) in [5.41, 5.74) is 4.23. The van der Waals surface area contributed by atoms with Gasteiger partial charge in [-0.2, -0.15) is 0 Å². The summed E-state index contributed by atoms with van der Waals surface area (Å²) in [7, 11) is 1.78. The van der Waals surface area contributed by atoms with Crippen LogP contribution in [0, 0.1) is 6.92 Å². The maximum Gasteiger partial charge on any atom is 0.124 e. The topological polar surface area (TPSA) is 58.0 Å². The molecule has 0 saturated heterocycles. The zero-order chi connectivity index (χ0) is 18.1. The lowest BCUT2D eigenvalue weighted by Crippen LogP contribution is -2.26. The molecule has 1 aliphatic heterocycles. The van der Waals surface area contributed by atoms with Crippen molar-refractivity contribution in [2.75, 3.05) is 33.3 Å². The highest BCUT2D eigenvalue weighted by atomic mass is 16.5. The Morgan fingerprint density at radius 1 is 1.24 bits per heavy atom. The van der Waals surface area contributed by atoms with E-state index in [0.717, 1.165) is 47.1 Å². The van der Waals surface area contributed by atoms with Crippen molar-refractivity contribution in [3.63, 3.8) is 0 Å². The van der Waals surface area contributed by atoms with Crippen molar-refractivity contribution in [3.05, 3.63) is 47.2 Å². The molecule has 0 aromatic heterocycles. The summed E-state index contributed by atoms with van der Waals surface area (Å²) in [6.45, 7) is 9.05. The van der Waals surface area contributed by atoms with E-state index in [1.807, 2.05) is 32.2 Å². The standard InChI is InChI=1S/C20H28N4O/c1-5-6-20-23-10-9-22-11-12-25-19-13-17(8-7-15(19)2)18(14-21-4)16(3)24-20/h5-8,13-14,22H,9-12H2,1-4H3,(H,23,24)/b6-5-,18-16-,21-14?. The normalized spacial score (nSPS) is 20.1. The van der Waals surface area contributed by atoms with Crippen molar-refractivity contribution in [2.45, 2.75) is 20.8 Å². The van der Waals surface area contributed by atoms with Gasteiger partial charge in [0.05, 0.1) is 6.54 Å². The summed E-state index contributed by atoms with van der Waals surface area (Å²) in [5.74, 6) is 1.76. The van der Waals surface area contributed by atoms with E-state index in [0.29, 0.717) is 13.2 Å². The molecule has 1 aromatic rings. The molecule has 0 radical (unpaired) electrons. The van der Waals surface area contributed by atoms with Crippen LogP contribution in [-0.2, 0) is 0 Å². The van der Waals surface area contributed by atoms with Gasteiger partial charge in [0.15, 0.2) is 0 Å². The molecular weight excluding hydrogens is 312 g/mol. The lowest BCUT2D eigenvalue weighted by molar-refractivity contribution is 0.313. The van der Waals surface area contributed by atoms with Gasteiger partial charge in [-0.15, -0.1) is 0 Å². The van der Waals surface area contributed by atoms with Crippen LogP contribution < -0.4 is 15.4 Å². The second kappa shape index (κ2) is 9.79. The van der Waals surface area contributed by atoms with Gasteiger partial charge in [-0.25, -0.2) is 0 Å². The number of aliphatic imine (C=N–C) groups is 2. The quantitative estimate of drug-likeness (QED) is 0.814. The number of hydrogen-bond donors (Lipinski definition) is 2. The molecular formula is C20H28N4O. The van der Waals surface area contributed by atoms with E-state index in [1.54, 1.807) is 7.05 Å². The van der Waals surface area contributed by atoms with E-state index in [2.05, 4.69) is 45.7 Å². The van der Waals surface area contributed by atoms with Crippen LogP contribution in [0.3, 0.4) is 0 Å². The first kappa shape index (κ1) is 18.9. The maximum absolute atomic E-state index is 5.95. The highest BCUT2D eigenvalue weighted by Crippen LogP contribution is 2.25. The molecule has 2 bridgehead atoms. The Hall–Kier alpha value is -2.40. The number of amidine groups is 1. The SMILES string of the molecule is C/C=C\C1=NCCNCCOc2cc(ccc2C)/C(C=NC)=C(/C)N1. The van der Waals surface area contributed by atoms with Crippen LogP contribution in [-0.4, -0.2) is 45.3 Å². The Morgan fingerprint density at radius 3 is 2.84 bits per heavy atom. The Morgan fingerprint density at radius 2 is 2.08 bits per heavy atom. The fourth-order valence-electron chi connectivity index (χ4n) is 2.60. The van der Waals surface area contributed by atoms with Gasteiger partial charge >= 0.3 is 0 Å². The molecule has 2 rings (SSSR count). The average molecular weight is 340 g/mol. The Balaban J connectivity index is 2.49. The molecule has 0 fully saturated rings. The predicted molar refractivity (Wildman–Crippen MR) is 107 cm³/mol. The molecule has 0 amide bonds. The molecule has 0 unspecified atom stereocenters. The molecule has 0 saturated carbocycles. The monoisotopic (exact) mass is 340 g/mol. The Kier molecular flexibility index (Phi) is 7.41. The summed E-state index contributed by atoms with van der Waals surface area (Å²) in [4.78, 5) is 8.85. The average Bonchev–Trinajstić information content (AvgIpc) is 2.59. The Labute approximate surface area is 150 Å². The van der Waals surface area contributed by atoms with E-state index in [1.165, 1.54) is 0 Å². The molecule has 5 heteroatoms. The second-order valence-corrected chi connectivity index (χ2v) is 5.90. The first-order valence-electron chi connectivity index (χ1n) is 8.67. The summed E-state index contributed by atoms with van der Waals surface area (Å²) in [6.07, 6.45) is 5.85. The van der Waals surface area contributed by atoms with Crippen LogP contribution in [0.1, 0.15) is 25.0 Å². The number of aryl methyl sites for hydroxylation is 1. The van der Waals surface area contributed by atoms with Gasteiger partial charge in [0, 0.05) is 37.6 Å². The van der Waals surface area contributed by atoms with Gasteiger partial charge in [-0.05, 0) is 44.0 Å². The van der Waals surface area contributed by atoms with E-state index >= 15 is 0 Å². The molecule has 134 valence electrons. The summed E-state index contributed by atoms with van der Waals surface area (Å²) in [5, 5.41) is 6.77. The van der Waals surface area contributed by atoms with E-state index in [9.17, 15) is 0 Å². The highest BCUT2D eigenvalue weighted by Gasteiger charge is 2.09.